The Kier molecular flexibility index (Phi) is 5.54. The number of hydrogen-bond acceptors (Lipinski definition) is 5. The van der Waals surface area contributed by atoms with Crippen LogP contribution in [0.3, 0.4) is 0 Å². The first-order valence-corrected chi connectivity index (χ1v) is 8.27. The van der Waals surface area contributed by atoms with Crippen LogP contribution < -0.4 is 5.32 Å². The number of thiazole rings is 1. The molecule has 0 bridgehead atoms. The van der Waals surface area contributed by atoms with Gasteiger partial charge in [0.2, 0.25) is 0 Å². The summed E-state index contributed by atoms with van der Waals surface area (Å²) >= 11 is 1.42. The van der Waals surface area contributed by atoms with Crippen LogP contribution in [0.15, 0.2) is 12.4 Å². The summed E-state index contributed by atoms with van der Waals surface area (Å²) in [5, 5.41) is 3.97. The van der Waals surface area contributed by atoms with E-state index in [1.165, 1.54) is 11.3 Å². The van der Waals surface area contributed by atoms with Crippen molar-refractivity contribution in [1.82, 2.24) is 19.4 Å². The smallest absolute Gasteiger partial charge is 0.265 e. The largest absolute Gasteiger partial charge is 0.362 e. The normalized spacial score (nSPS) is 10.7. The van der Waals surface area contributed by atoms with Crippen molar-refractivity contribution in [2.45, 2.75) is 26.7 Å². The summed E-state index contributed by atoms with van der Waals surface area (Å²) in [5.74, 6) is 1.09. The minimum atomic E-state index is 0.0407. The molecule has 0 radical (unpaired) electrons. The number of imidazole rings is 1. The highest BCUT2D eigenvalue weighted by molar-refractivity contribution is 7.17. The molecule has 22 heavy (non-hydrogen) atoms. The van der Waals surface area contributed by atoms with Crippen LogP contribution in [0.1, 0.15) is 34.5 Å². The average Bonchev–Trinajstić information content (AvgIpc) is 3.05. The fourth-order valence-electron chi connectivity index (χ4n) is 2.21. The molecule has 120 valence electrons. The van der Waals surface area contributed by atoms with Crippen molar-refractivity contribution in [1.29, 1.82) is 0 Å². The highest BCUT2D eigenvalue weighted by atomic mass is 32.1. The number of rotatable bonds is 7. The highest BCUT2D eigenvalue weighted by Gasteiger charge is 2.18. The first kappa shape index (κ1) is 16.5. The van der Waals surface area contributed by atoms with Gasteiger partial charge in [-0.1, -0.05) is 11.3 Å². The van der Waals surface area contributed by atoms with Gasteiger partial charge in [-0.2, -0.15) is 0 Å². The SMILES string of the molecule is CCNc1nc(C)c(C(=O)N(C)CCCc2nccn2C)s1. The van der Waals surface area contributed by atoms with E-state index in [-0.39, 0.29) is 5.91 Å². The zero-order chi connectivity index (χ0) is 16.1. The fourth-order valence-corrected chi connectivity index (χ4v) is 3.24. The molecule has 0 atom stereocenters. The van der Waals surface area contributed by atoms with Gasteiger partial charge >= 0.3 is 0 Å². The van der Waals surface area contributed by atoms with Gasteiger partial charge in [-0.15, -0.1) is 0 Å². The quantitative estimate of drug-likeness (QED) is 0.850. The van der Waals surface area contributed by atoms with Gasteiger partial charge in [0.05, 0.1) is 5.69 Å². The Labute approximate surface area is 135 Å². The van der Waals surface area contributed by atoms with Gasteiger partial charge < -0.3 is 14.8 Å². The Hall–Kier alpha value is -1.89. The molecule has 0 saturated heterocycles. The van der Waals surface area contributed by atoms with Crippen LogP contribution in [0.4, 0.5) is 5.13 Å². The third-order valence-electron chi connectivity index (χ3n) is 3.48. The number of aromatic nitrogens is 3. The molecule has 0 saturated carbocycles. The number of amides is 1. The summed E-state index contributed by atoms with van der Waals surface area (Å²) in [4.78, 5) is 23.7. The second kappa shape index (κ2) is 7.40. The first-order chi connectivity index (χ1) is 10.5. The van der Waals surface area contributed by atoms with E-state index in [1.54, 1.807) is 11.1 Å². The number of carbonyl (C=O) groups excluding carboxylic acids is 1. The summed E-state index contributed by atoms with van der Waals surface area (Å²) in [6.07, 6.45) is 5.50. The number of nitrogens with one attached hydrogen (secondary N) is 1. The Balaban J connectivity index is 1.90. The monoisotopic (exact) mass is 321 g/mol. The molecular formula is C15H23N5OS. The van der Waals surface area contributed by atoms with Crippen LogP contribution in [-0.4, -0.2) is 45.5 Å². The van der Waals surface area contributed by atoms with Crippen molar-refractivity contribution in [3.8, 4) is 0 Å². The summed E-state index contributed by atoms with van der Waals surface area (Å²) in [5.41, 5.74) is 0.793. The Morgan fingerprint density at radius 3 is 2.91 bits per heavy atom. The van der Waals surface area contributed by atoms with Crippen LogP contribution in [0.2, 0.25) is 0 Å². The van der Waals surface area contributed by atoms with Gasteiger partial charge in [0, 0.05) is 46.0 Å². The molecular weight excluding hydrogens is 298 g/mol. The fraction of sp³-hybridized carbons (Fsp3) is 0.533. The maximum Gasteiger partial charge on any atom is 0.265 e. The van der Waals surface area contributed by atoms with E-state index in [0.717, 1.165) is 40.9 Å². The minimum absolute atomic E-state index is 0.0407. The van der Waals surface area contributed by atoms with Crippen molar-refractivity contribution in [3.05, 3.63) is 28.8 Å². The number of carbonyl (C=O) groups is 1. The molecule has 2 rings (SSSR count). The van der Waals surface area contributed by atoms with Crippen LogP contribution >= 0.6 is 11.3 Å². The van der Waals surface area contributed by atoms with E-state index in [2.05, 4.69) is 15.3 Å². The predicted octanol–water partition coefficient (Wildman–Crippen LogP) is 2.32. The number of anilines is 1. The molecule has 1 N–H and O–H groups in total. The van der Waals surface area contributed by atoms with Gasteiger partial charge in [-0.25, -0.2) is 9.97 Å². The van der Waals surface area contributed by atoms with Crippen LogP contribution in [0.25, 0.3) is 0 Å². The number of nitrogens with zero attached hydrogens (tertiary/aromatic N) is 4. The van der Waals surface area contributed by atoms with Crippen molar-refractivity contribution >= 4 is 22.4 Å². The second-order valence-electron chi connectivity index (χ2n) is 5.25. The summed E-state index contributed by atoms with van der Waals surface area (Å²) < 4.78 is 2.01. The van der Waals surface area contributed by atoms with Crippen LogP contribution in [0.5, 0.6) is 0 Å². The van der Waals surface area contributed by atoms with Crippen LogP contribution in [0, 0.1) is 6.92 Å². The lowest BCUT2D eigenvalue weighted by atomic mass is 10.2. The zero-order valence-corrected chi connectivity index (χ0v) is 14.4. The standard InChI is InChI=1S/C15H23N5OS/c1-5-16-15-18-11(2)13(22-15)14(21)20(4)9-6-7-12-17-8-10-19(12)3/h8,10H,5-7,9H2,1-4H3,(H,16,18). The van der Waals surface area contributed by atoms with Crippen molar-refractivity contribution in [3.63, 3.8) is 0 Å². The molecule has 0 aliphatic carbocycles. The van der Waals surface area contributed by atoms with Crippen molar-refractivity contribution in [2.24, 2.45) is 7.05 Å². The van der Waals surface area contributed by atoms with E-state index in [1.807, 2.05) is 38.7 Å². The Morgan fingerprint density at radius 2 is 2.27 bits per heavy atom. The lowest BCUT2D eigenvalue weighted by molar-refractivity contribution is 0.0797. The van der Waals surface area contributed by atoms with E-state index in [4.69, 9.17) is 0 Å². The topological polar surface area (TPSA) is 63.1 Å². The van der Waals surface area contributed by atoms with Gasteiger partial charge in [0.25, 0.3) is 5.91 Å². The maximum absolute atomic E-state index is 12.5. The molecule has 2 heterocycles. The third-order valence-corrected chi connectivity index (χ3v) is 4.58. The summed E-state index contributed by atoms with van der Waals surface area (Å²) in [6, 6.07) is 0. The average molecular weight is 321 g/mol. The second-order valence-corrected chi connectivity index (χ2v) is 6.25. The Bertz CT molecular complexity index is 634. The molecule has 1 amide bonds. The number of hydrogen-bond donors (Lipinski definition) is 1. The lowest BCUT2D eigenvalue weighted by Gasteiger charge is -2.16. The zero-order valence-electron chi connectivity index (χ0n) is 13.6. The third kappa shape index (κ3) is 3.85. The predicted molar refractivity (Wildman–Crippen MR) is 89.5 cm³/mol. The van der Waals surface area contributed by atoms with Crippen molar-refractivity contribution in [2.75, 3.05) is 25.5 Å². The molecule has 7 heteroatoms. The van der Waals surface area contributed by atoms with Gasteiger partial charge in [-0.3, -0.25) is 4.79 Å². The van der Waals surface area contributed by atoms with E-state index >= 15 is 0 Å². The summed E-state index contributed by atoms with van der Waals surface area (Å²) in [6.45, 7) is 5.41. The summed E-state index contributed by atoms with van der Waals surface area (Å²) in [7, 11) is 3.83. The first-order valence-electron chi connectivity index (χ1n) is 7.46. The molecule has 0 aromatic carbocycles. The van der Waals surface area contributed by atoms with E-state index in [0.29, 0.717) is 6.54 Å². The molecule has 0 fully saturated rings. The van der Waals surface area contributed by atoms with Gasteiger partial charge in [0.15, 0.2) is 5.13 Å². The lowest BCUT2D eigenvalue weighted by Crippen LogP contribution is -2.28. The van der Waals surface area contributed by atoms with Crippen molar-refractivity contribution < 1.29 is 4.79 Å². The van der Waals surface area contributed by atoms with Crippen LogP contribution in [-0.2, 0) is 13.5 Å². The van der Waals surface area contributed by atoms with E-state index in [9.17, 15) is 4.79 Å². The molecule has 2 aromatic heterocycles. The highest BCUT2D eigenvalue weighted by Crippen LogP contribution is 2.23. The molecule has 0 aliphatic rings. The Morgan fingerprint density at radius 1 is 1.50 bits per heavy atom. The molecule has 6 nitrogen and oxygen atoms in total. The van der Waals surface area contributed by atoms with Gasteiger partial charge in [-0.05, 0) is 20.3 Å². The number of aryl methyl sites for hydroxylation is 3. The van der Waals surface area contributed by atoms with Gasteiger partial charge in [0.1, 0.15) is 10.7 Å². The van der Waals surface area contributed by atoms with E-state index < -0.39 is 0 Å². The molecule has 0 spiro atoms. The molecule has 2 aromatic rings. The maximum atomic E-state index is 12.5. The minimum Gasteiger partial charge on any atom is -0.362 e. The molecule has 0 unspecified atom stereocenters. The molecule has 0 aliphatic heterocycles.